The van der Waals surface area contributed by atoms with Crippen LogP contribution in [0.15, 0.2) is 192 Å². The second-order valence-electron chi connectivity index (χ2n) is 13.3. The summed E-state index contributed by atoms with van der Waals surface area (Å²) in [5.41, 5.74) is 12.9. The molecule has 2 heterocycles. The number of rotatable bonds is 6. The van der Waals surface area contributed by atoms with E-state index in [0.29, 0.717) is 0 Å². The lowest BCUT2D eigenvalue weighted by atomic mass is 9.83. The summed E-state index contributed by atoms with van der Waals surface area (Å²) in [5, 5.41) is 4.96. The SMILES string of the molecule is c1ccc(-c2ccc(C(c3ccc(-c4ccc5oc6ccccc6c5c4)cc3)c3ccc(-c4ccc5sc6ccccc6c5c4)cc3)cc2)cc1. The van der Waals surface area contributed by atoms with Gasteiger partial charge in [0, 0.05) is 36.9 Å². The van der Waals surface area contributed by atoms with E-state index in [1.54, 1.807) is 0 Å². The first kappa shape index (κ1) is 29.7. The molecule has 10 aromatic rings. The maximum Gasteiger partial charge on any atom is 0.135 e. The Kier molecular flexibility index (Phi) is 7.14. The number of benzene rings is 8. The van der Waals surface area contributed by atoms with Crippen molar-refractivity contribution in [1.82, 2.24) is 0 Å². The molecule has 10 rings (SSSR count). The Hall–Kier alpha value is -6.22. The Labute approximate surface area is 300 Å². The van der Waals surface area contributed by atoms with Crippen LogP contribution in [0.4, 0.5) is 0 Å². The van der Waals surface area contributed by atoms with Crippen molar-refractivity contribution in [3.8, 4) is 33.4 Å². The molecule has 0 bridgehead atoms. The molecule has 2 aromatic heterocycles. The maximum atomic E-state index is 6.10. The van der Waals surface area contributed by atoms with Gasteiger partial charge in [0.05, 0.1) is 0 Å². The van der Waals surface area contributed by atoms with Crippen molar-refractivity contribution >= 4 is 53.4 Å². The summed E-state index contributed by atoms with van der Waals surface area (Å²) in [6, 6.07) is 68.4. The summed E-state index contributed by atoms with van der Waals surface area (Å²) in [4.78, 5) is 0. The number of hydrogen-bond donors (Lipinski definition) is 0. The molecule has 0 spiro atoms. The molecule has 0 aliphatic carbocycles. The molecular formula is C49H32OS. The standard InChI is InChI=1S/C49H32OS/c1-2-8-32(9-3-1)33-14-20-36(21-15-33)49(37-22-16-34(17-23-37)39-26-28-46-43(30-39)41-10-4-6-12-45(41)50-46)38-24-18-35(19-25-38)40-27-29-48-44(31-40)42-11-5-7-13-47(42)51-48/h1-31,49H. The fourth-order valence-corrected chi connectivity index (χ4v) is 8.71. The number of fused-ring (bicyclic) bond motifs is 6. The molecule has 8 aromatic carbocycles. The van der Waals surface area contributed by atoms with Crippen molar-refractivity contribution in [3.63, 3.8) is 0 Å². The highest BCUT2D eigenvalue weighted by atomic mass is 32.1. The van der Waals surface area contributed by atoms with Crippen LogP contribution in [0.25, 0.3) is 75.5 Å². The fraction of sp³-hybridized carbons (Fsp3) is 0.0204. The highest BCUT2D eigenvalue weighted by Gasteiger charge is 2.18. The molecule has 1 nitrogen and oxygen atoms in total. The monoisotopic (exact) mass is 668 g/mol. The first-order chi connectivity index (χ1) is 25.2. The average molecular weight is 669 g/mol. The van der Waals surface area contributed by atoms with Gasteiger partial charge in [-0.15, -0.1) is 11.3 Å². The normalized spacial score (nSPS) is 12.2. The molecule has 2 heteroatoms. The molecule has 1 unspecified atom stereocenters. The van der Waals surface area contributed by atoms with Crippen LogP contribution < -0.4 is 0 Å². The second-order valence-corrected chi connectivity index (χ2v) is 14.4. The van der Waals surface area contributed by atoms with Crippen molar-refractivity contribution in [2.45, 2.75) is 5.92 Å². The fourth-order valence-electron chi connectivity index (χ4n) is 7.62. The van der Waals surface area contributed by atoms with Gasteiger partial charge in [0.25, 0.3) is 0 Å². The van der Waals surface area contributed by atoms with Gasteiger partial charge in [-0.05, 0) is 86.5 Å². The Bertz CT molecular complexity index is 2660. The molecule has 1 atom stereocenters. The highest BCUT2D eigenvalue weighted by molar-refractivity contribution is 7.25. The number of para-hydroxylation sites is 1. The van der Waals surface area contributed by atoms with Crippen LogP contribution in [-0.4, -0.2) is 0 Å². The minimum Gasteiger partial charge on any atom is -0.456 e. The van der Waals surface area contributed by atoms with Gasteiger partial charge in [-0.25, -0.2) is 0 Å². The Morgan fingerprint density at radius 3 is 1.43 bits per heavy atom. The van der Waals surface area contributed by atoms with Crippen molar-refractivity contribution in [3.05, 3.63) is 205 Å². The van der Waals surface area contributed by atoms with Crippen LogP contribution in [0.3, 0.4) is 0 Å². The average Bonchev–Trinajstić information content (AvgIpc) is 3.77. The van der Waals surface area contributed by atoms with Gasteiger partial charge in [0.15, 0.2) is 0 Å². The quantitative estimate of drug-likeness (QED) is 0.161. The van der Waals surface area contributed by atoms with E-state index in [9.17, 15) is 0 Å². The molecule has 0 aliphatic rings. The van der Waals surface area contributed by atoms with E-state index in [2.05, 4.69) is 176 Å². The van der Waals surface area contributed by atoms with Gasteiger partial charge >= 0.3 is 0 Å². The van der Waals surface area contributed by atoms with Crippen molar-refractivity contribution in [2.75, 3.05) is 0 Å². The van der Waals surface area contributed by atoms with Gasteiger partial charge in [-0.2, -0.15) is 0 Å². The first-order valence-corrected chi connectivity index (χ1v) is 18.3. The van der Waals surface area contributed by atoms with E-state index in [1.807, 2.05) is 23.5 Å². The first-order valence-electron chi connectivity index (χ1n) is 17.4. The molecule has 0 amide bonds. The predicted octanol–water partition coefficient (Wildman–Crippen LogP) is 14.1. The summed E-state index contributed by atoms with van der Waals surface area (Å²) in [5.74, 6) is 0.0847. The minimum atomic E-state index is 0.0847. The number of hydrogen-bond acceptors (Lipinski definition) is 2. The van der Waals surface area contributed by atoms with Crippen LogP contribution in [0, 0.1) is 0 Å². The van der Waals surface area contributed by atoms with Crippen LogP contribution in [0.2, 0.25) is 0 Å². The van der Waals surface area contributed by atoms with E-state index >= 15 is 0 Å². The van der Waals surface area contributed by atoms with Crippen molar-refractivity contribution in [1.29, 1.82) is 0 Å². The lowest BCUT2D eigenvalue weighted by Crippen LogP contribution is -2.03. The van der Waals surface area contributed by atoms with Crippen LogP contribution in [-0.2, 0) is 0 Å². The van der Waals surface area contributed by atoms with Gasteiger partial charge in [0.2, 0.25) is 0 Å². The summed E-state index contributed by atoms with van der Waals surface area (Å²) >= 11 is 1.86. The third kappa shape index (κ3) is 5.33. The van der Waals surface area contributed by atoms with Crippen LogP contribution in [0.5, 0.6) is 0 Å². The van der Waals surface area contributed by atoms with E-state index in [4.69, 9.17) is 4.42 Å². The molecule has 0 fully saturated rings. The third-order valence-corrected chi connectivity index (χ3v) is 11.4. The zero-order valence-electron chi connectivity index (χ0n) is 27.8. The molecular weight excluding hydrogens is 637 g/mol. The summed E-state index contributed by atoms with van der Waals surface area (Å²) < 4.78 is 8.76. The Morgan fingerprint density at radius 2 is 0.765 bits per heavy atom. The smallest absolute Gasteiger partial charge is 0.135 e. The molecule has 0 radical (unpaired) electrons. The van der Waals surface area contributed by atoms with E-state index in [-0.39, 0.29) is 5.92 Å². The van der Waals surface area contributed by atoms with E-state index < -0.39 is 0 Å². The molecule has 0 saturated carbocycles. The minimum absolute atomic E-state index is 0.0847. The number of furan rings is 1. The predicted molar refractivity (Wildman–Crippen MR) is 217 cm³/mol. The zero-order chi connectivity index (χ0) is 33.7. The van der Waals surface area contributed by atoms with Crippen LogP contribution in [0.1, 0.15) is 22.6 Å². The summed E-state index contributed by atoms with van der Waals surface area (Å²) in [6.07, 6.45) is 0. The summed E-state index contributed by atoms with van der Waals surface area (Å²) in [6.45, 7) is 0. The Balaban J connectivity index is 1.02. The molecule has 240 valence electrons. The zero-order valence-corrected chi connectivity index (χ0v) is 28.6. The lowest BCUT2D eigenvalue weighted by Gasteiger charge is -2.20. The second kappa shape index (κ2) is 12.3. The van der Waals surface area contributed by atoms with Gasteiger partial charge < -0.3 is 4.42 Å². The van der Waals surface area contributed by atoms with Crippen molar-refractivity contribution < 1.29 is 4.42 Å². The third-order valence-electron chi connectivity index (χ3n) is 10.3. The van der Waals surface area contributed by atoms with E-state index in [0.717, 1.165) is 21.9 Å². The highest BCUT2D eigenvalue weighted by Crippen LogP contribution is 2.39. The maximum absolute atomic E-state index is 6.10. The molecule has 0 N–H and O–H groups in total. The van der Waals surface area contributed by atoms with Gasteiger partial charge in [-0.3, -0.25) is 0 Å². The lowest BCUT2D eigenvalue weighted by molar-refractivity contribution is 0.669. The van der Waals surface area contributed by atoms with Gasteiger partial charge in [-0.1, -0.05) is 152 Å². The van der Waals surface area contributed by atoms with E-state index in [1.165, 1.54) is 70.2 Å². The molecule has 0 saturated heterocycles. The Morgan fingerprint density at radius 1 is 0.314 bits per heavy atom. The topological polar surface area (TPSA) is 13.1 Å². The molecule has 51 heavy (non-hydrogen) atoms. The van der Waals surface area contributed by atoms with Crippen molar-refractivity contribution in [2.24, 2.45) is 0 Å². The summed E-state index contributed by atoms with van der Waals surface area (Å²) in [7, 11) is 0. The van der Waals surface area contributed by atoms with Gasteiger partial charge in [0.1, 0.15) is 11.2 Å². The number of thiophene rings is 1. The largest absolute Gasteiger partial charge is 0.456 e. The van der Waals surface area contributed by atoms with Crippen LogP contribution >= 0.6 is 11.3 Å². The molecule has 0 aliphatic heterocycles.